The molecule has 3 unspecified atom stereocenters. The zero-order chi connectivity index (χ0) is 12.3. The molecule has 0 saturated heterocycles. The Morgan fingerprint density at radius 3 is 2.44 bits per heavy atom. The van der Waals surface area contributed by atoms with Gasteiger partial charge >= 0.3 is 5.97 Å². The molecule has 0 aromatic heterocycles. The average molecular weight is 291 g/mol. The van der Waals surface area contributed by atoms with Gasteiger partial charge in [-0.25, -0.2) is 0 Å². The largest absolute Gasteiger partial charge is 0.461 e. The van der Waals surface area contributed by atoms with E-state index in [0.29, 0.717) is 17.8 Å². The first-order valence-corrected chi connectivity index (χ1v) is 7.18. The molecular weight excluding hydrogens is 268 g/mol. The maximum absolute atomic E-state index is 11.6. The summed E-state index contributed by atoms with van der Waals surface area (Å²) in [4.78, 5) is 11.4. The van der Waals surface area contributed by atoms with Gasteiger partial charge in [0.15, 0.2) is 0 Å². The third-order valence-corrected chi connectivity index (χ3v) is 3.93. The van der Waals surface area contributed by atoms with E-state index in [-0.39, 0.29) is 16.9 Å². The van der Waals surface area contributed by atoms with Gasteiger partial charge in [-0.05, 0) is 37.5 Å². The van der Waals surface area contributed by atoms with Gasteiger partial charge in [0.25, 0.3) is 0 Å². The van der Waals surface area contributed by atoms with Crippen molar-refractivity contribution in [2.45, 2.75) is 57.9 Å². The Hall–Kier alpha value is -0.0500. The van der Waals surface area contributed by atoms with E-state index in [1.54, 1.807) is 0 Å². The number of hydrogen-bond acceptors (Lipinski definition) is 2. The van der Waals surface area contributed by atoms with Gasteiger partial charge in [0, 0.05) is 0 Å². The normalized spacial score (nSPS) is 32.5. The van der Waals surface area contributed by atoms with Gasteiger partial charge in [-0.3, -0.25) is 4.79 Å². The predicted molar refractivity (Wildman–Crippen MR) is 69.6 cm³/mol. The van der Waals surface area contributed by atoms with Crippen LogP contribution >= 0.6 is 15.9 Å². The Bertz CT molecular complexity index is 238. The lowest BCUT2D eigenvalue weighted by atomic mass is 9.75. The standard InChI is InChI=1S/C13H23BrO2/c1-8(2)11-6-5-9(3)7-12(11)16-13(15)10(4)14/h8-12H,5-7H2,1-4H3/t9?,10-,11?,12?/m0/s1. The number of alkyl halides is 1. The van der Waals surface area contributed by atoms with Gasteiger partial charge in [-0.1, -0.05) is 43.1 Å². The van der Waals surface area contributed by atoms with Crippen molar-refractivity contribution < 1.29 is 9.53 Å². The lowest BCUT2D eigenvalue weighted by molar-refractivity contribution is -0.154. The second kappa shape index (κ2) is 6.04. The van der Waals surface area contributed by atoms with E-state index >= 15 is 0 Å². The fraction of sp³-hybridized carbons (Fsp3) is 0.923. The van der Waals surface area contributed by atoms with E-state index in [0.717, 1.165) is 6.42 Å². The molecule has 0 amide bonds. The van der Waals surface area contributed by atoms with Crippen LogP contribution in [0.2, 0.25) is 0 Å². The maximum Gasteiger partial charge on any atom is 0.319 e. The summed E-state index contributed by atoms with van der Waals surface area (Å²) in [5, 5.41) is 0. The summed E-state index contributed by atoms with van der Waals surface area (Å²) < 4.78 is 5.61. The minimum absolute atomic E-state index is 0.121. The molecule has 1 rings (SSSR count). The molecule has 16 heavy (non-hydrogen) atoms. The van der Waals surface area contributed by atoms with Gasteiger partial charge in [0.2, 0.25) is 0 Å². The van der Waals surface area contributed by atoms with Crippen LogP contribution in [0, 0.1) is 17.8 Å². The average Bonchev–Trinajstić information content (AvgIpc) is 2.16. The number of carbonyl (C=O) groups excluding carboxylic acids is 1. The van der Waals surface area contributed by atoms with E-state index in [4.69, 9.17) is 4.74 Å². The van der Waals surface area contributed by atoms with Crippen LogP contribution < -0.4 is 0 Å². The fourth-order valence-electron chi connectivity index (χ4n) is 2.49. The molecule has 0 bridgehead atoms. The molecule has 0 N–H and O–H groups in total. The predicted octanol–water partition coefficient (Wildman–Crippen LogP) is 3.77. The monoisotopic (exact) mass is 290 g/mol. The van der Waals surface area contributed by atoms with E-state index in [2.05, 4.69) is 36.7 Å². The summed E-state index contributed by atoms with van der Waals surface area (Å²) in [5.41, 5.74) is 0. The van der Waals surface area contributed by atoms with Crippen molar-refractivity contribution in [3.63, 3.8) is 0 Å². The molecule has 94 valence electrons. The highest BCUT2D eigenvalue weighted by molar-refractivity contribution is 9.10. The van der Waals surface area contributed by atoms with Crippen molar-refractivity contribution >= 4 is 21.9 Å². The second-order valence-corrected chi connectivity index (χ2v) is 6.79. The minimum Gasteiger partial charge on any atom is -0.461 e. The molecule has 4 atom stereocenters. The van der Waals surface area contributed by atoms with Crippen molar-refractivity contribution in [1.82, 2.24) is 0 Å². The highest BCUT2D eigenvalue weighted by Crippen LogP contribution is 2.35. The zero-order valence-electron chi connectivity index (χ0n) is 10.7. The molecule has 1 aliphatic carbocycles. The molecule has 0 heterocycles. The summed E-state index contributed by atoms with van der Waals surface area (Å²) >= 11 is 3.26. The number of rotatable bonds is 3. The van der Waals surface area contributed by atoms with Crippen LogP contribution in [-0.4, -0.2) is 16.9 Å². The van der Waals surface area contributed by atoms with Gasteiger partial charge in [0.05, 0.1) is 0 Å². The Morgan fingerprint density at radius 1 is 1.31 bits per heavy atom. The minimum atomic E-state index is -0.197. The highest BCUT2D eigenvalue weighted by Gasteiger charge is 2.33. The molecule has 0 aromatic rings. The Balaban J connectivity index is 2.61. The van der Waals surface area contributed by atoms with E-state index in [1.165, 1.54) is 12.8 Å². The van der Waals surface area contributed by atoms with Crippen molar-refractivity contribution in [2.24, 2.45) is 17.8 Å². The van der Waals surface area contributed by atoms with Crippen LogP contribution in [0.5, 0.6) is 0 Å². The highest BCUT2D eigenvalue weighted by atomic mass is 79.9. The van der Waals surface area contributed by atoms with Crippen LogP contribution in [0.4, 0.5) is 0 Å². The molecule has 2 nitrogen and oxygen atoms in total. The van der Waals surface area contributed by atoms with E-state index in [9.17, 15) is 4.79 Å². The van der Waals surface area contributed by atoms with Crippen molar-refractivity contribution in [3.8, 4) is 0 Å². The summed E-state index contributed by atoms with van der Waals surface area (Å²) in [6.07, 6.45) is 3.60. The van der Waals surface area contributed by atoms with Crippen molar-refractivity contribution in [1.29, 1.82) is 0 Å². The molecule has 3 heteroatoms. The first kappa shape index (κ1) is 14.0. The lowest BCUT2D eigenvalue weighted by Gasteiger charge is -2.36. The van der Waals surface area contributed by atoms with Crippen LogP contribution in [0.25, 0.3) is 0 Å². The molecular formula is C13H23BrO2. The smallest absolute Gasteiger partial charge is 0.319 e. The quantitative estimate of drug-likeness (QED) is 0.584. The van der Waals surface area contributed by atoms with Crippen molar-refractivity contribution in [2.75, 3.05) is 0 Å². The third kappa shape index (κ3) is 3.76. The van der Waals surface area contributed by atoms with E-state index in [1.807, 2.05) is 6.92 Å². The Morgan fingerprint density at radius 2 is 1.94 bits per heavy atom. The summed E-state index contributed by atoms with van der Waals surface area (Å²) in [6, 6.07) is 0. The third-order valence-electron chi connectivity index (χ3n) is 3.55. The first-order valence-electron chi connectivity index (χ1n) is 6.26. The van der Waals surface area contributed by atoms with Crippen LogP contribution in [-0.2, 0) is 9.53 Å². The molecule has 0 aromatic carbocycles. The van der Waals surface area contributed by atoms with Crippen LogP contribution in [0.3, 0.4) is 0 Å². The number of halogens is 1. The maximum atomic E-state index is 11.6. The number of esters is 1. The molecule has 0 spiro atoms. The zero-order valence-corrected chi connectivity index (χ0v) is 12.3. The van der Waals surface area contributed by atoms with Gasteiger partial charge in [-0.15, -0.1) is 0 Å². The molecule has 1 fully saturated rings. The summed E-state index contributed by atoms with van der Waals surface area (Å²) in [5.74, 6) is 1.69. The number of hydrogen-bond donors (Lipinski definition) is 0. The number of carbonyl (C=O) groups is 1. The molecule has 1 aliphatic rings. The number of ether oxygens (including phenoxy) is 1. The molecule has 0 radical (unpaired) electrons. The van der Waals surface area contributed by atoms with E-state index < -0.39 is 0 Å². The Kier molecular flexibility index (Phi) is 5.29. The molecule has 0 aliphatic heterocycles. The van der Waals surface area contributed by atoms with Gasteiger partial charge in [-0.2, -0.15) is 0 Å². The molecule has 1 saturated carbocycles. The summed E-state index contributed by atoms with van der Waals surface area (Å²) in [7, 11) is 0. The van der Waals surface area contributed by atoms with Gasteiger partial charge < -0.3 is 4.74 Å². The summed E-state index contributed by atoms with van der Waals surface area (Å²) in [6.45, 7) is 8.51. The first-order chi connectivity index (χ1) is 7.41. The van der Waals surface area contributed by atoms with Crippen molar-refractivity contribution in [3.05, 3.63) is 0 Å². The topological polar surface area (TPSA) is 26.3 Å². The fourth-order valence-corrected chi connectivity index (χ4v) is 2.60. The van der Waals surface area contributed by atoms with Crippen LogP contribution in [0.15, 0.2) is 0 Å². The SMILES string of the molecule is CC1CCC(C(C)C)C(OC(=O)[C@H](C)Br)C1. The van der Waals surface area contributed by atoms with Crippen LogP contribution in [0.1, 0.15) is 47.0 Å². The Labute approximate surface area is 107 Å². The van der Waals surface area contributed by atoms with Gasteiger partial charge in [0.1, 0.15) is 10.9 Å². The lowest BCUT2D eigenvalue weighted by Crippen LogP contribution is -2.37. The second-order valence-electron chi connectivity index (χ2n) is 5.42.